The second-order valence-electron chi connectivity index (χ2n) is 10.6. The maximum atomic E-state index is 13.0. The number of carbonyl (C=O) groups excluding carboxylic acids is 3. The van der Waals surface area contributed by atoms with Crippen LogP contribution in [0.4, 0.5) is 5.69 Å². The fraction of sp³-hybridized carbons (Fsp3) is 0.433. The number of fused-ring (bicyclic) bond motifs is 2. The molecule has 0 radical (unpaired) electrons. The van der Waals surface area contributed by atoms with E-state index in [4.69, 9.17) is 0 Å². The molecular weight excluding hydrogens is 496 g/mol. The van der Waals surface area contributed by atoms with Crippen LogP contribution >= 0.6 is 11.3 Å². The van der Waals surface area contributed by atoms with Gasteiger partial charge in [0, 0.05) is 44.7 Å². The van der Waals surface area contributed by atoms with Crippen molar-refractivity contribution in [2.75, 3.05) is 37.6 Å². The molecule has 1 unspecified atom stereocenters. The van der Waals surface area contributed by atoms with E-state index in [1.165, 1.54) is 27.8 Å². The predicted molar refractivity (Wildman–Crippen MR) is 151 cm³/mol. The summed E-state index contributed by atoms with van der Waals surface area (Å²) >= 11 is 1.83. The zero-order chi connectivity index (χ0) is 26.1. The van der Waals surface area contributed by atoms with Crippen LogP contribution in [0.1, 0.15) is 53.6 Å². The number of hydrogen-bond acceptors (Lipinski definition) is 6. The van der Waals surface area contributed by atoms with Crippen molar-refractivity contribution in [2.24, 2.45) is 0 Å². The number of nitrogens with zero attached hydrogens (tertiary/aromatic N) is 3. The van der Waals surface area contributed by atoms with Gasteiger partial charge in [-0.15, -0.1) is 11.3 Å². The van der Waals surface area contributed by atoms with Crippen LogP contribution in [0.15, 0.2) is 47.8 Å². The van der Waals surface area contributed by atoms with Gasteiger partial charge in [0.25, 0.3) is 5.91 Å². The summed E-state index contributed by atoms with van der Waals surface area (Å²) in [4.78, 5) is 43.7. The molecule has 3 amide bonds. The van der Waals surface area contributed by atoms with E-state index in [1.54, 1.807) is 4.90 Å². The molecule has 1 atom stereocenters. The quantitative estimate of drug-likeness (QED) is 0.349. The number of hydrogen-bond donors (Lipinski definition) is 1. The highest BCUT2D eigenvalue weighted by atomic mass is 32.1. The molecule has 198 valence electrons. The minimum absolute atomic E-state index is 0.0918. The molecule has 3 aliphatic rings. The van der Waals surface area contributed by atoms with Crippen molar-refractivity contribution in [1.82, 2.24) is 15.1 Å². The van der Waals surface area contributed by atoms with E-state index in [1.807, 2.05) is 23.5 Å². The van der Waals surface area contributed by atoms with Gasteiger partial charge in [-0.1, -0.05) is 30.7 Å². The number of piperazine rings is 1. The van der Waals surface area contributed by atoms with Gasteiger partial charge < -0.3 is 9.80 Å². The Labute approximate surface area is 227 Å². The van der Waals surface area contributed by atoms with Gasteiger partial charge in [0.1, 0.15) is 6.04 Å². The van der Waals surface area contributed by atoms with Crippen LogP contribution in [0.25, 0.3) is 10.1 Å². The summed E-state index contributed by atoms with van der Waals surface area (Å²) in [5, 5.41) is 5.90. The van der Waals surface area contributed by atoms with E-state index in [0.717, 1.165) is 57.5 Å². The number of benzene rings is 2. The van der Waals surface area contributed by atoms with Gasteiger partial charge in [-0.05, 0) is 72.3 Å². The van der Waals surface area contributed by atoms with Crippen molar-refractivity contribution in [3.63, 3.8) is 0 Å². The summed E-state index contributed by atoms with van der Waals surface area (Å²) in [6.07, 6.45) is 5.04. The third kappa shape index (κ3) is 4.95. The molecule has 0 bridgehead atoms. The third-order valence-electron chi connectivity index (χ3n) is 8.27. The van der Waals surface area contributed by atoms with Gasteiger partial charge >= 0.3 is 0 Å². The predicted octanol–water partition coefficient (Wildman–Crippen LogP) is 4.20. The van der Waals surface area contributed by atoms with E-state index in [2.05, 4.69) is 50.8 Å². The van der Waals surface area contributed by atoms with Crippen LogP contribution in [0, 0.1) is 0 Å². The monoisotopic (exact) mass is 530 g/mol. The summed E-state index contributed by atoms with van der Waals surface area (Å²) in [7, 11) is 0. The second-order valence-corrected chi connectivity index (χ2v) is 11.5. The fourth-order valence-electron chi connectivity index (χ4n) is 6.15. The molecule has 38 heavy (non-hydrogen) atoms. The number of imide groups is 1. The number of thiophene rings is 1. The van der Waals surface area contributed by atoms with Crippen LogP contribution in [0.5, 0.6) is 0 Å². The zero-order valence-corrected chi connectivity index (χ0v) is 22.5. The minimum atomic E-state index is -0.556. The molecule has 2 fully saturated rings. The first-order chi connectivity index (χ1) is 18.6. The highest BCUT2D eigenvalue weighted by Crippen LogP contribution is 2.32. The maximum Gasteiger partial charge on any atom is 0.255 e. The van der Waals surface area contributed by atoms with Crippen LogP contribution in [-0.2, 0) is 22.6 Å². The number of aryl methyl sites for hydroxylation is 1. The smallest absolute Gasteiger partial charge is 0.255 e. The molecule has 1 N–H and O–H groups in total. The van der Waals surface area contributed by atoms with Crippen LogP contribution < -0.4 is 10.2 Å². The first-order valence-electron chi connectivity index (χ1n) is 13.8. The molecule has 1 aromatic heterocycles. The highest BCUT2D eigenvalue weighted by Gasteiger charge is 2.39. The summed E-state index contributed by atoms with van der Waals surface area (Å²) in [6, 6.07) is 14.2. The molecule has 0 aliphatic carbocycles. The number of anilines is 1. The Bertz CT molecular complexity index is 1360. The maximum absolute atomic E-state index is 13.0. The number of piperidine rings is 1. The molecule has 8 heteroatoms. The number of nitrogens with one attached hydrogen (secondary N) is 1. The summed E-state index contributed by atoms with van der Waals surface area (Å²) in [6.45, 7) is 5.94. The second kappa shape index (κ2) is 10.9. The van der Waals surface area contributed by atoms with Gasteiger partial charge in [-0.3, -0.25) is 24.6 Å². The minimum Gasteiger partial charge on any atom is -0.368 e. The Balaban J connectivity index is 0.964. The molecule has 7 nitrogen and oxygen atoms in total. The van der Waals surface area contributed by atoms with Crippen molar-refractivity contribution in [3.05, 3.63) is 64.5 Å². The number of unbranched alkanes of at least 4 members (excludes halogenated alkanes) is 2. The van der Waals surface area contributed by atoms with Gasteiger partial charge in [0.05, 0.1) is 10.4 Å². The molecular formula is C30H34N4O3S. The van der Waals surface area contributed by atoms with Crippen molar-refractivity contribution in [1.29, 1.82) is 0 Å². The number of carbonyl (C=O) groups is 3. The van der Waals surface area contributed by atoms with Crippen molar-refractivity contribution >= 4 is 44.8 Å². The zero-order valence-electron chi connectivity index (χ0n) is 21.7. The first-order valence-corrected chi connectivity index (χ1v) is 14.7. The van der Waals surface area contributed by atoms with E-state index in [9.17, 15) is 14.4 Å². The number of amides is 3. The Hall–Kier alpha value is -3.23. The van der Waals surface area contributed by atoms with E-state index >= 15 is 0 Å². The third-order valence-corrected chi connectivity index (χ3v) is 9.22. The number of rotatable bonds is 8. The van der Waals surface area contributed by atoms with Crippen molar-refractivity contribution in [2.45, 2.75) is 51.1 Å². The summed E-state index contributed by atoms with van der Waals surface area (Å²) < 4.78 is 1.40. The van der Waals surface area contributed by atoms with Crippen molar-refractivity contribution in [3.8, 4) is 0 Å². The topological polar surface area (TPSA) is 73.0 Å². The summed E-state index contributed by atoms with van der Waals surface area (Å²) in [5.74, 6) is -0.701. The van der Waals surface area contributed by atoms with Gasteiger partial charge in [0.2, 0.25) is 11.8 Å². The van der Waals surface area contributed by atoms with Crippen LogP contribution in [-0.4, -0.2) is 66.3 Å². The lowest BCUT2D eigenvalue weighted by Crippen LogP contribution is -2.52. The lowest BCUT2D eigenvalue weighted by atomic mass is 9.98. The summed E-state index contributed by atoms with van der Waals surface area (Å²) in [5.41, 5.74) is 4.35. The first kappa shape index (κ1) is 25.1. The lowest BCUT2D eigenvalue weighted by molar-refractivity contribution is -0.136. The largest absolute Gasteiger partial charge is 0.368 e. The molecule has 0 saturated carbocycles. The lowest BCUT2D eigenvalue weighted by Gasteiger charge is -2.36. The molecule has 3 aliphatic heterocycles. The average molecular weight is 531 g/mol. The molecule has 6 rings (SSSR count). The molecule has 4 heterocycles. The Morgan fingerprint density at radius 3 is 2.61 bits per heavy atom. The normalized spacial score (nSPS) is 20.3. The van der Waals surface area contributed by atoms with Gasteiger partial charge in [-0.25, -0.2) is 0 Å². The van der Waals surface area contributed by atoms with Crippen LogP contribution in [0.2, 0.25) is 0 Å². The highest BCUT2D eigenvalue weighted by molar-refractivity contribution is 7.17. The van der Waals surface area contributed by atoms with E-state index < -0.39 is 6.04 Å². The van der Waals surface area contributed by atoms with Crippen LogP contribution in [0.3, 0.4) is 0 Å². The van der Waals surface area contributed by atoms with E-state index in [-0.39, 0.29) is 24.1 Å². The van der Waals surface area contributed by atoms with Gasteiger partial charge in [-0.2, -0.15) is 0 Å². The van der Waals surface area contributed by atoms with E-state index in [0.29, 0.717) is 18.5 Å². The molecule has 2 aromatic carbocycles. The fourth-order valence-corrected chi connectivity index (χ4v) is 7.09. The SMILES string of the molecule is O=C1CCC(N2Cc3c(CCCCCN4CCN(c5cccc6ccsc56)CC4)cccc3C2=O)C(=O)N1. The molecule has 3 aromatic rings. The standard InChI is InChI=1S/C30H34N4O3S/c35-27-12-11-26(29(36)31-27)34-20-24-21(7-4-9-23(24)30(34)37)6-2-1-3-14-32-15-17-33(18-16-32)25-10-5-8-22-13-19-38-28(22)25/h4-5,7-10,13,19,26H,1-3,6,11-12,14-18,20H2,(H,31,35,36). The Morgan fingerprint density at radius 1 is 0.921 bits per heavy atom. The molecule has 2 saturated heterocycles. The molecule has 0 spiro atoms. The van der Waals surface area contributed by atoms with Crippen molar-refractivity contribution < 1.29 is 14.4 Å². The average Bonchev–Trinajstić information content (AvgIpc) is 3.54. The van der Waals surface area contributed by atoms with Gasteiger partial charge in [0.15, 0.2) is 0 Å². The Morgan fingerprint density at radius 2 is 1.76 bits per heavy atom. The Kier molecular flexibility index (Phi) is 7.17.